The highest BCUT2D eigenvalue weighted by Crippen LogP contribution is 2.19. The van der Waals surface area contributed by atoms with E-state index >= 15 is 0 Å². The number of piperidine rings is 1. The molecule has 1 aromatic rings. The summed E-state index contributed by atoms with van der Waals surface area (Å²) in [7, 11) is 0. The molecule has 2 amide bonds. The van der Waals surface area contributed by atoms with E-state index in [0.29, 0.717) is 23.7 Å². The first-order valence-corrected chi connectivity index (χ1v) is 6.61. The molecule has 1 aliphatic rings. The Morgan fingerprint density at radius 1 is 1.42 bits per heavy atom. The highest BCUT2D eigenvalue weighted by Gasteiger charge is 2.24. The minimum atomic E-state index is -0.0753. The Bertz CT molecular complexity index is 485. The summed E-state index contributed by atoms with van der Waals surface area (Å²) in [6.07, 6.45) is 4.57. The summed E-state index contributed by atoms with van der Waals surface area (Å²) in [5.74, 6) is -0.101. The third-order valence-corrected chi connectivity index (χ3v) is 3.49. The van der Waals surface area contributed by atoms with Gasteiger partial charge in [-0.1, -0.05) is 11.6 Å². The number of carbonyl (C=O) groups excluding carboxylic acids is 2. The van der Waals surface area contributed by atoms with Gasteiger partial charge in [-0.25, -0.2) is 0 Å². The molecule has 0 saturated carbocycles. The van der Waals surface area contributed by atoms with E-state index in [1.807, 2.05) is 0 Å². The van der Waals surface area contributed by atoms with E-state index in [-0.39, 0.29) is 17.9 Å². The molecular weight excluding hydrogens is 266 g/mol. The fourth-order valence-electron chi connectivity index (χ4n) is 2.23. The molecule has 0 bridgehead atoms. The zero-order chi connectivity index (χ0) is 13.8. The van der Waals surface area contributed by atoms with Crippen LogP contribution in [0, 0.1) is 0 Å². The van der Waals surface area contributed by atoms with Crippen molar-refractivity contribution in [3.63, 3.8) is 0 Å². The number of rotatable bonds is 2. The van der Waals surface area contributed by atoms with Crippen LogP contribution in [0.4, 0.5) is 0 Å². The Labute approximate surface area is 117 Å². The van der Waals surface area contributed by atoms with Gasteiger partial charge in [-0.2, -0.15) is 0 Å². The van der Waals surface area contributed by atoms with E-state index in [1.54, 1.807) is 17.2 Å². The Kier molecular flexibility index (Phi) is 4.37. The molecule has 102 valence electrons. The molecule has 0 atom stereocenters. The zero-order valence-electron chi connectivity index (χ0n) is 10.7. The molecule has 1 saturated heterocycles. The number of carbonyl (C=O) groups is 2. The summed E-state index contributed by atoms with van der Waals surface area (Å²) in [5, 5.41) is 3.25. The number of hydrogen-bond acceptors (Lipinski definition) is 3. The molecule has 0 aromatic carbocycles. The van der Waals surface area contributed by atoms with Gasteiger partial charge in [0.05, 0.1) is 10.6 Å². The molecule has 1 N–H and O–H groups in total. The molecule has 0 radical (unpaired) electrons. The second-order valence-corrected chi connectivity index (χ2v) is 5.03. The van der Waals surface area contributed by atoms with E-state index in [4.69, 9.17) is 11.6 Å². The number of nitrogens with zero attached hydrogens (tertiary/aromatic N) is 2. The third-order valence-electron chi connectivity index (χ3n) is 3.19. The van der Waals surface area contributed by atoms with Gasteiger partial charge in [0.2, 0.25) is 5.91 Å². The van der Waals surface area contributed by atoms with Crippen molar-refractivity contribution in [2.24, 2.45) is 0 Å². The van der Waals surface area contributed by atoms with Crippen molar-refractivity contribution < 1.29 is 9.59 Å². The Hall–Kier alpha value is -1.62. The number of halogens is 1. The molecule has 5 nitrogen and oxygen atoms in total. The highest BCUT2D eigenvalue weighted by atomic mass is 35.5. The fourth-order valence-corrected chi connectivity index (χ4v) is 2.43. The smallest absolute Gasteiger partial charge is 0.255 e. The summed E-state index contributed by atoms with van der Waals surface area (Å²) < 4.78 is 0. The van der Waals surface area contributed by atoms with Crippen LogP contribution in [0.25, 0.3) is 0 Å². The summed E-state index contributed by atoms with van der Waals surface area (Å²) in [6, 6.07) is 1.79. The average molecular weight is 282 g/mol. The fraction of sp³-hybridized carbons (Fsp3) is 0.462. The largest absolute Gasteiger partial charge is 0.353 e. The van der Waals surface area contributed by atoms with Crippen LogP contribution < -0.4 is 5.32 Å². The molecular formula is C13H16ClN3O2. The van der Waals surface area contributed by atoms with Gasteiger partial charge in [0.15, 0.2) is 0 Å². The quantitative estimate of drug-likeness (QED) is 0.893. The average Bonchev–Trinajstić information content (AvgIpc) is 2.39. The topological polar surface area (TPSA) is 62.3 Å². The molecule has 19 heavy (non-hydrogen) atoms. The maximum atomic E-state index is 12.3. The van der Waals surface area contributed by atoms with Gasteiger partial charge in [-0.05, 0) is 18.9 Å². The van der Waals surface area contributed by atoms with Crippen LogP contribution in [0.2, 0.25) is 5.02 Å². The van der Waals surface area contributed by atoms with Gasteiger partial charge in [-0.3, -0.25) is 14.6 Å². The van der Waals surface area contributed by atoms with Gasteiger partial charge < -0.3 is 10.2 Å². The van der Waals surface area contributed by atoms with Crippen molar-refractivity contribution in [2.75, 3.05) is 13.1 Å². The van der Waals surface area contributed by atoms with Crippen molar-refractivity contribution in [3.8, 4) is 0 Å². The zero-order valence-corrected chi connectivity index (χ0v) is 11.5. The van der Waals surface area contributed by atoms with Crippen LogP contribution in [0.1, 0.15) is 30.1 Å². The van der Waals surface area contributed by atoms with Gasteiger partial charge in [0.1, 0.15) is 0 Å². The minimum Gasteiger partial charge on any atom is -0.353 e. The van der Waals surface area contributed by atoms with Crippen molar-refractivity contribution in [2.45, 2.75) is 25.8 Å². The third kappa shape index (κ3) is 3.44. The SMILES string of the molecule is CC(=O)NC1CCN(C(=O)c2ccncc2Cl)CC1. The number of amides is 2. The maximum absolute atomic E-state index is 12.3. The molecule has 1 aliphatic heterocycles. The number of aromatic nitrogens is 1. The lowest BCUT2D eigenvalue weighted by Crippen LogP contribution is -2.46. The van der Waals surface area contributed by atoms with Crippen molar-refractivity contribution in [1.29, 1.82) is 0 Å². The molecule has 1 fully saturated rings. The molecule has 1 aromatic heterocycles. The maximum Gasteiger partial charge on any atom is 0.255 e. The molecule has 6 heteroatoms. The van der Waals surface area contributed by atoms with Crippen LogP contribution in [0.3, 0.4) is 0 Å². The number of nitrogens with one attached hydrogen (secondary N) is 1. The predicted octanol–water partition coefficient (Wildman–Crippen LogP) is 1.48. The first-order chi connectivity index (χ1) is 9.08. The highest BCUT2D eigenvalue weighted by molar-refractivity contribution is 6.33. The normalized spacial score (nSPS) is 16.2. The molecule has 0 aliphatic carbocycles. The van der Waals surface area contributed by atoms with Gasteiger partial charge in [-0.15, -0.1) is 0 Å². The monoisotopic (exact) mass is 281 g/mol. The van der Waals surface area contributed by atoms with Crippen LogP contribution in [-0.2, 0) is 4.79 Å². The molecule has 2 heterocycles. The summed E-state index contributed by atoms with van der Waals surface area (Å²) in [4.78, 5) is 28.9. The van der Waals surface area contributed by atoms with Crippen LogP contribution in [-0.4, -0.2) is 40.8 Å². The van der Waals surface area contributed by atoms with Gasteiger partial charge in [0.25, 0.3) is 5.91 Å². The molecule has 0 unspecified atom stereocenters. The van der Waals surface area contributed by atoms with E-state index in [0.717, 1.165) is 12.8 Å². The number of likely N-dealkylation sites (tertiary alicyclic amines) is 1. The van der Waals surface area contributed by atoms with Crippen molar-refractivity contribution in [1.82, 2.24) is 15.2 Å². The predicted molar refractivity (Wildman–Crippen MR) is 72.0 cm³/mol. The number of hydrogen-bond donors (Lipinski definition) is 1. The van der Waals surface area contributed by atoms with Crippen molar-refractivity contribution in [3.05, 3.63) is 29.0 Å². The van der Waals surface area contributed by atoms with Gasteiger partial charge in [0, 0.05) is 38.4 Å². The standard InChI is InChI=1S/C13H16ClN3O2/c1-9(18)16-10-3-6-17(7-4-10)13(19)11-2-5-15-8-12(11)14/h2,5,8,10H,3-4,6-7H2,1H3,(H,16,18). The van der Waals surface area contributed by atoms with E-state index in [1.165, 1.54) is 13.1 Å². The number of pyridine rings is 1. The molecule has 0 spiro atoms. The summed E-state index contributed by atoms with van der Waals surface area (Å²) >= 11 is 5.97. The van der Waals surface area contributed by atoms with Crippen LogP contribution in [0.5, 0.6) is 0 Å². The lowest BCUT2D eigenvalue weighted by Gasteiger charge is -2.32. The van der Waals surface area contributed by atoms with E-state index in [9.17, 15) is 9.59 Å². The Balaban J connectivity index is 1.96. The second kappa shape index (κ2) is 6.02. The van der Waals surface area contributed by atoms with E-state index in [2.05, 4.69) is 10.3 Å². The van der Waals surface area contributed by atoms with Crippen molar-refractivity contribution >= 4 is 23.4 Å². The van der Waals surface area contributed by atoms with Crippen LogP contribution >= 0.6 is 11.6 Å². The Morgan fingerprint density at radius 2 is 2.11 bits per heavy atom. The summed E-state index contributed by atoms with van der Waals surface area (Å²) in [5.41, 5.74) is 0.481. The molecule has 2 rings (SSSR count). The first-order valence-electron chi connectivity index (χ1n) is 6.24. The second-order valence-electron chi connectivity index (χ2n) is 4.62. The van der Waals surface area contributed by atoms with Crippen LogP contribution in [0.15, 0.2) is 18.5 Å². The first kappa shape index (κ1) is 13.8. The summed E-state index contributed by atoms with van der Waals surface area (Å²) in [6.45, 7) is 2.76. The van der Waals surface area contributed by atoms with Gasteiger partial charge >= 0.3 is 0 Å². The lowest BCUT2D eigenvalue weighted by molar-refractivity contribution is -0.119. The van der Waals surface area contributed by atoms with E-state index < -0.39 is 0 Å². The lowest BCUT2D eigenvalue weighted by atomic mass is 10.0. The Morgan fingerprint density at radius 3 is 2.68 bits per heavy atom. The minimum absolute atomic E-state index is 0.0260.